The van der Waals surface area contributed by atoms with Crippen LogP contribution in [0.2, 0.25) is 5.02 Å². The fourth-order valence-electron chi connectivity index (χ4n) is 2.40. The molecule has 2 aromatic carbocycles. The summed E-state index contributed by atoms with van der Waals surface area (Å²) in [6.45, 7) is 0. The van der Waals surface area contributed by atoms with E-state index in [1.165, 1.54) is 23.9 Å². The molecule has 1 heterocycles. The van der Waals surface area contributed by atoms with Gasteiger partial charge < -0.3 is 15.2 Å². The van der Waals surface area contributed by atoms with Gasteiger partial charge in [-0.25, -0.2) is 4.39 Å². The summed E-state index contributed by atoms with van der Waals surface area (Å²) < 4.78 is 15.3. The van der Waals surface area contributed by atoms with Crippen LogP contribution in [0.15, 0.2) is 53.7 Å². The number of halogens is 2. The number of rotatable bonds is 7. The predicted octanol–water partition coefficient (Wildman–Crippen LogP) is 3.52. The largest absolute Gasteiger partial charge is 0.324 e. The first kappa shape index (κ1) is 20.8. The molecule has 0 spiro atoms. The van der Waals surface area contributed by atoms with Crippen molar-refractivity contribution in [3.63, 3.8) is 0 Å². The summed E-state index contributed by atoms with van der Waals surface area (Å²) in [5.41, 5.74) is 0.633. The number of aromatic nitrogens is 3. The molecular formula is C19H17ClFN5O2S. The van der Waals surface area contributed by atoms with E-state index in [0.29, 0.717) is 21.7 Å². The second-order valence-corrected chi connectivity index (χ2v) is 7.33. The number of benzene rings is 2. The highest BCUT2D eigenvalue weighted by molar-refractivity contribution is 7.99. The van der Waals surface area contributed by atoms with E-state index >= 15 is 0 Å². The molecule has 3 rings (SSSR count). The first-order valence-corrected chi connectivity index (χ1v) is 9.90. The first-order chi connectivity index (χ1) is 13.9. The minimum Gasteiger partial charge on any atom is -0.324 e. The quantitative estimate of drug-likeness (QED) is 0.556. The molecule has 0 atom stereocenters. The maximum Gasteiger partial charge on any atom is 0.234 e. The summed E-state index contributed by atoms with van der Waals surface area (Å²) in [4.78, 5) is 24.3. The molecule has 7 nitrogen and oxygen atoms in total. The number of thioether (sulfide) groups is 1. The SMILES string of the molecule is Cn1c(CC(=O)Nc2ccccc2F)nnc1SCC(=O)Nc1ccccc1Cl. The number of nitrogens with zero attached hydrogens (tertiary/aromatic N) is 3. The number of amides is 2. The van der Waals surface area contributed by atoms with E-state index in [-0.39, 0.29) is 23.8 Å². The number of carbonyl (C=O) groups is 2. The first-order valence-electron chi connectivity index (χ1n) is 8.54. The second-order valence-electron chi connectivity index (χ2n) is 5.98. The molecule has 150 valence electrons. The van der Waals surface area contributed by atoms with E-state index in [2.05, 4.69) is 20.8 Å². The number of carbonyl (C=O) groups excluding carboxylic acids is 2. The van der Waals surface area contributed by atoms with Gasteiger partial charge in [0.25, 0.3) is 0 Å². The number of hydrogen-bond donors (Lipinski definition) is 2. The maximum atomic E-state index is 13.6. The molecule has 0 saturated carbocycles. The molecule has 0 unspecified atom stereocenters. The molecule has 0 aliphatic heterocycles. The summed E-state index contributed by atoms with van der Waals surface area (Å²) >= 11 is 7.20. The van der Waals surface area contributed by atoms with Crippen molar-refractivity contribution in [2.75, 3.05) is 16.4 Å². The van der Waals surface area contributed by atoms with Crippen molar-refractivity contribution < 1.29 is 14.0 Å². The van der Waals surface area contributed by atoms with Gasteiger partial charge in [0.1, 0.15) is 11.6 Å². The van der Waals surface area contributed by atoms with Gasteiger partial charge in [0, 0.05) is 7.05 Å². The molecule has 0 aliphatic carbocycles. The summed E-state index contributed by atoms with van der Waals surface area (Å²) in [7, 11) is 1.69. The lowest BCUT2D eigenvalue weighted by molar-refractivity contribution is -0.116. The zero-order chi connectivity index (χ0) is 20.8. The second kappa shape index (κ2) is 9.53. The minimum absolute atomic E-state index is 0.0792. The molecule has 29 heavy (non-hydrogen) atoms. The van der Waals surface area contributed by atoms with Gasteiger partial charge >= 0.3 is 0 Å². The number of hydrogen-bond acceptors (Lipinski definition) is 5. The fourth-order valence-corrected chi connectivity index (χ4v) is 3.32. The Bertz CT molecular complexity index is 1040. The lowest BCUT2D eigenvalue weighted by atomic mass is 10.3. The van der Waals surface area contributed by atoms with Crippen molar-refractivity contribution in [1.29, 1.82) is 0 Å². The highest BCUT2D eigenvalue weighted by atomic mass is 35.5. The van der Waals surface area contributed by atoms with Crippen LogP contribution in [0.5, 0.6) is 0 Å². The molecule has 1 aromatic heterocycles. The van der Waals surface area contributed by atoms with Gasteiger partial charge in [0.15, 0.2) is 5.16 Å². The Kier molecular flexibility index (Phi) is 6.84. The fraction of sp³-hybridized carbons (Fsp3) is 0.158. The van der Waals surface area contributed by atoms with Gasteiger partial charge in [0.2, 0.25) is 11.8 Å². The van der Waals surface area contributed by atoms with Crippen LogP contribution in [0.25, 0.3) is 0 Å². The minimum atomic E-state index is -0.514. The average Bonchev–Trinajstić information content (AvgIpc) is 3.03. The van der Waals surface area contributed by atoms with Crippen LogP contribution in [0.3, 0.4) is 0 Å². The summed E-state index contributed by atoms with van der Waals surface area (Å²) in [6.07, 6.45) is -0.0792. The molecule has 0 bridgehead atoms. The topological polar surface area (TPSA) is 88.9 Å². The van der Waals surface area contributed by atoms with Gasteiger partial charge in [0.05, 0.1) is 28.6 Å². The zero-order valence-corrected chi connectivity index (χ0v) is 16.9. The van der Waals surface area contributed by atoms with E-state index in [9.17, 15) is 14.0 Å². The van der Waals surface area contributed by atoms with Crippen LogP contribution in [-0.2, 0) is 23.1 Å². The summed E-state index contributed by atoms with van der Waals surface area (Å²) in [5, 5.41) is 14.1. The van der Waals surface area contributed by atoms with E-state index in [4.69, 9.17) is 11.6 Å². The highest BCUT2D eigenvalue weighted by Gasteiger charge is 2.15. The third kappa shape index (κ3) is 5.55. The van der Waals surface area contributed by atoms with E-state index < -0.39 is 11.7 Å². The molecule has 0 fully saturated rings. The van der Waals surface area contributed by atoms with Crippen molar-refractivity contribution in [2.45, 2.75) is 11.6 Å². The summed E-state index contributed by atoms with van der Waals surface area (Å²) in [6, 6.07) is 12.9. The zero-order valence-electron chi connectivity index (χ0n) is 15.4. The van der Waals surface area contributed by atoms with Crippen molar-refractivity contribution >= 4 is 46.6 Å². The number of para-hydroxylation sites is 2. The molecule has 2 N–H and O–H groups in total. The molecule has 0 aliphatic rings. The van der Waals surface area contributed by atoms with Gasteiger partial charge in [-0.2, -0.15) is 0 Å². The molecule has 3 aromatic rings. The van der Waals surface area contributed by atoms with E-state index in [1.54, 1.807) is 48.0 Å². The lowest BCUT2D eigenvalue weighted by Crippen LogP contribution is -2.18. The Balaban J connectivity index is 1.55. The highest BCUT2D eigenvalue weighted by Crippen LogP contribution is 2.22. The van der Waals surface area contributed by atoms with E-state index in [1.807, 2.05) is 0 Å². The van der Waals surface area contributed by atoms with Crippen LogP contribution < -0.4 is 10.6 Å². The Labute approximate surface area is 175 Å². The normalized spacial score (nSPS) is 10.6. The molecular weight excluding hydrogens is 417 g/mol. The van der Waals surface area contributed by atoms with Gasteiger partial charge in [-0.15, -0.1) is 10.2 Å². The Morgan fingerprint density at radius 1 is 1.03 bits per heavy atom. The standard InChI is InChI=1S/C19H17ClFN5O2S/c1-26-16(10-17(27)23-15-9-5-3-7-13(15)21)24-25-19(26)29-11-18(28)22-14-8-4-2-6-12(14)20/h2-9H,10-11H2,1H3,(H,22,28)(H,23,27). The van der Waals surface area contributed by atoms with E-state index in [0.717, 1.165) is 0 Å². The molecule has 2 amide bonds. The molecule has 0 saturated heterocycles. The lowest BCUT2D eigenvalue weighted by Gasteiger charge is -2.07. The van der Waals surface area contributed by atoms with Crippen LogP contribution in [0.1, 0.15) is 5.82 Å². The van der Waals surface area contributed by atoms with Crippen LogP contribution >= 0.6 is 23.4 Å². The van der Waals surface area contributed by atoms with Crippen molar-refractivity contribution in [3.05, 3.63) is 65.2 Å². The maximum absolute atomic E-state index is 13.6. The van der Waals surface area contributed by atoms with Crippen LogP contribution in [0, 0.1) is 5.82 Å². The average molecular weight is 434 g/mol. The Hall–Kier alpha value is -2.91. The van der Waals surface area contributed by atoms with Crippen LogP contribution in [0.4, 0.5) is 15.8 Å². The van der Waals surface area contributed by atoms with Crippen molar-refractivity contribution in [2.24, 2.45) is 7.05 Å². The molecule has 0 radical (unpaired) electrons. The monoisotopic (exact) mass is 433 g/mol. The van der Waals surface area contributed by atoms with Gasteiger partial charge in [-0.3, -0.25) is 9.59 Å². The molecule has 10 heteroatoms. The smallest absolute Gasteiger partial charge is 0.234 e. The third-order valence-corrected chi connectivity index (χ3v) is 5.22. The van der Waals surface area contributed by atoms with Crippen LogP contribution in [-0.4, -0.2) is 32.3 Å². The summed E-state index contributed by atoms with van der Waals surface area (Å²) in [5.74, 6) is -0.686. The van der Waals surface area contributed by atoms with Crippen molar-refractivity contribution in [3.8, 4) is 0 Å². The van der Waals surface area contributed by atoms with Gasteiger partial charge in [-0.1, -0.05) is 47.6 Å². The Morgan fingerprint density at radius 2 is 1.69 bits per heavy atom. The number of anilines is 2. The Morgan fingerprint density at radius 3 is 2.41 bits per heavy atom. The number of nitrogens with one attached hydrogen (secondary N) is 2. The predicted molar refractivity (Wildman–Crippen MR) is 111 cm³/mol. The van der Waals surface area contributed by atoms with Gasteiger partial charge in [-0.05, 0) is 24.3 Å². The van der Waals surface area contributed by atoms with Crippen molar-refractivity contribution in [1.82, 2.24) is 14.8 Å². The third-order valence-electron chi connectivity index (χ3n) is 3.87.